The van der Waals surface area contributed by atoms with Gasteiger partial charge < -0.3 is 5.11 Å². The minimum Gasteiger partial charge on any atom is -0.481 e. The molecule has 1 unspecified atom stereocenters. The SMILES string of the molecule is CC(C)SC1CC(=O)N(CCCCCC(=O)O)C1=O. The Morgan fingerprint density at radius 1 is 1.37 bits per heavy atom. The number of aliphatic carboxylic acids is 1. The predicted molar refractivity (Wildman–Crippen MR) is 74.0 cm³/mol. The number of carbonyl (C=O) groups is 3. The van der Waals surface area contributed by atoms with Crippen molar-refractivity contribution in [2.24, 2.45) is 0 Å². The van der Waals surface area contributed by atoms with Crippen LogP contribution in [0.1, 0.15) is 46.0 Å². The van der Waals surface area contributed by atoms with E-state index in [0.717, 1.165) is 6.42 Å². The highest BCUT2D eigenvalue weighted by atomic mass is 32.2. The van der Waals surface area contributed by atoms with Crippen molar-refractivity contribution in [2.45, 2.75) is 56.5 Å². The summed E-state index contributed by atoms with van der Waals surface area (Å²) in [5, 5.41) is 8.61. The van der Waals surface area contributed by atoms with Gasteiger partial charge in [0.05, 0.1) is 5.25 Å². The van der Waals surface area contributed by atoms with Crippen LogP contribution in [0.5, 0.6) is 0 Å². The van der Waals surface area contributed by atoms with Gasteiger partial charge in [-0.3, -0.25) is 19.3 Å². The molecule has 1 N–H and O–H groups in total. The minimum atomic E-state index is -0.804. The highest BCUT2D eigenvalue weighted by Crippen LogP contribution is 2.28. The molecule has 0 spiro atoms. The van der Waals surface area contributed by atoms with Gasteiger partial charge >= 0.3 is 5.97 Å². The quantitative estimate of drug-likeness (QED) is 0.545. The van der Waals surface area contributed by atoms with Crippen LogP contribution in [0.15, 0.2) is 0 Å². The van der Waals surface area contributed by atoms with Crippen molar-refractivity contribution in [3.8, 4) is 0 Å². The summed E-state index contributed by atoms with van der Waals surface area (Å²) in [6.07, 6.45) is 2.45. The number of rotatable bonds is 8. The smallest absolute Gasteiger partial charge is 0.303 e. The molecule has 2 amide bonds. The van der Waals surface area contributed by atoms with E-state index in [1.54, 1.807) is 0 Å². The zero-order valence-corrected chi connectivity index (χ0v) is 12.2. The summed E-state index contributed by atoms with van der Waals surface area (Å²) in [6.45, 7) is 4.44. The fourth-order valence-corrected chi connectivity index (χ4v) is 3.19. The lowest BCUT2D eigenvalue weighted by molar-refractivity contribution is -0.139. The van der Waals surface area contributed by atoms with Crippen LogP contribution in [0.2, 0.25) is 0 Å². The fourth-order valence-electron chi connectivity index (χ4n) is 2.05. The van der Waals surface area contributed by atoms with Gasteiger partial charge in [0.2, 0.25) is 11.8 Å². The van der Waals surface area contributed by atoms with Gasteiger partial charge in [-0.15, -0.1) is 11.8 Å². The van der Waals surface area contributed by atoms with E-state index in [2.05, 4.69) is 0 Å². The van der Waals surface area contributed by atoms with Gasteiger partial charge in [-0.2, -0.15) is 0 Å². The number of carbonyl (C=O) groups excluding carboxylic acids is 2. The van der Waals surface area contributed by atoms with E-state index in [9.17, 15) is 14.4 Å². The first kappa shape index (κ1) is 16.0. The molecule has 19 heavy (non-hydrogen) atoms. The Labute approximate surface area is 117 Å². The van der Waals surface area contributed by atoms with Gasteiger partial charge in [0.1, 0.15) is 0 Å². The van der Waals surface area contributed by atoms with Gasteiger partial charge in [0, 0.05) is 19.4 Å². The Balaban J connectivity index is 2.31. The Kier molecular flexibility index (Phi) is 6.34. The third kappa shape index (κ3) is 5.22. The molecular formula is C13H21NO4S. The summed E-state index contributed by atoms with van der Waals surface area (Å²) in [7, 11) is 0. The Bertz CT molecular complexity index is 357. The number of unbranched alkanes of at least 4 members (excludes halogenated alkanes) is 2. The van der Waals surface area contributed by atoms with Crippen LogP contribution in [0.4, 0.5) is 0 Å². The lowest BCUT2D eigenvalue weighted by atomic mass is 10.2. The molecule has 0 radical (unpaired) electrons. The largest absolute Gasteiger partial charge is 0.481 e. The van der Waals surface area contributed by atoms with Crippen molar-refractivity contribution in [3.63, 3.8) is 0 Å². The molecule has 108 valence electrons. The van der Waals surface area contributed by atoms with Crippen molar-refractivity contribution in [3.05, 3.63) is 0 Å². The molecule has 0 bridgehead atoms. The van der Waals surface area contributed by atoms with E-state index in [4.69, 9.17) is 5.11 Å². The topological polar surface area (TPSA) is 74.7 Å². The first-order valence-electron chi connectivity index (χ1n) is 6.63. The molecule has 1 fully saturated rings. The highest BCUT2D eigenvalue weighted by molar-refractivity contribution is 8.01. The van der Waals surface area contributed by atoms with Gasteiger partial charge in [0.25, 0.3) is 0 Å². The fraction of sp³-hybridized carbons (Fsp3) is 0.769. The van der Waals surface area contributed by atoms with E-state index < -0.39 is 5.97 Å². The second-order valence-corrected chi connectivity index (χ2v) is 6.75. The number of hydrogen-bond acceptors (Lipinski definition) is 4. The number of thioether (sulfide) groups is 1. The van der Waals surface area contributed by atoms with Crippen LogP contribution < -0.4 is 0 Å². The molecular weight excluding hydrogens is 266 g/mol. The molecule has 1 saturated heterocycles. The van der Waals surface area contributed by atoms with Crippen molar-refractivity contribution < 1.29 is 19.5 Å². The third-order valence-electron chi connectivity index (χ3n) is 2.91. The van der Waals surface area contributed by atoms with Crippen LogP contribution >= 0.6 is 11.8 Å². The second kappa shape index (κ2) is 7.53. The number of amides is 2. The highest BCUT2D eigenvalue weighted by Gasteiger charge is 2.38. The second-order valence-electron chi connectivity index (χ2n) is 4.97. The first-order chi connectivity index (χ1) is 8.91. The maximum Gasteiger partial charge on any atom is 0.303 e. The molecule has 0 saturated carbocycles. The standard InChI is InChI=1S/C13H21NO4S/c1-9(2)19-10-8-11(15)14(13(10)18)7-5-3-4-6-12(16)17/h9-10H,3-8H2,1-2H3,(H,16,17). The summed E-state index contributed by atoms with van der Waals surface area (Å²) in [5.41, 5.74) is 0. The zero-order chi connectivity index (χ0) is 14.4. The summed E-state index contributed by atoms with van der Waals surface area (Å²) < 4.78 is 0. The van der Waals surface area contributed by atoms with Crippen LogP contribution in [-0.2, 0) is 14.4 Å². The molecule has 1 atom stereocenters. The predicted octanol–water partition coefficient (Wildman–Crippen LogP) is 1.90. The average molecular weight is 287 g/mol. The molecule has 0 aromatic rings. The third-order valence-corrected chi connectivity index (χ3v) is 4.15. The minimum absolute atomic E-state index is 0.0815. The van der Waals surface area contributed by atoms with E-state index in [-0.39, 0.29) is 23.5 Å². The maximum absolute atomic E-state index is 12.0. The number of carboxylic acids is 1. The molecule has 1 aliphatic rings. The zero-order valence-electron chi connectivity index (χ0n) is 11.4. The molecule has 1 aliphatic heterocycles. The van der Waals surface area contributed by atoms with Crippen molar-refractivity contribution in [1.82, 2.24) is 4.90 Å². The van der Waals surface area contributed by atoms with Crippen molar-refractivity contribution in [1.29, 1.82) is 0 Å². The monoisotopic (exact) mass is 287 g/mol. The van der Waals surface area contributed by atoms with Crippen molar-refractivity contribution >= 4 is 29.5 Å². The summed E-state index contributed by atoms with van der Waals surface area (Å²) in [6, 6.07) is 0. The molecule has 1 rings (SSSR count). The molecule has 0 aliphatic carbocycles. The number of likely N-dealkylation sites (tertiary alicyclic amines) is 1. The Morgan fingerprint density at radius 3 is 2.63 bits per heavy atom. The number of imide groups is 1. The number of carboxylic acid groups (broad SMARTS) is 1. The number of hydrogen-bond donors (Lipinski definition) is 1. The summed E-state index contributed by atoms with van der Waals surface area (Å²) >= 11 is 1.54. The molecule has 1 heterocycles. The lowest BCUT2D eigenvalue weighted by Crippen LogP contribution is -2.32. The van der Waals surface area contributed by atoms with Crippen molar-refractivity contribution in [2.75, 3.05) is 6.54 Å². The number of nitrogens with zero attached hydrogens (tertiary/aromatic N) is 1. The summed E-state index contributed by atoms with van der Waals surface area (Å²) in [5.74, 6) is -0.981. The Morgan fingerprint density at radius 2 is 2.05 bits per heavy atom. The molecule has 6 heteroatoms. The van der Waals surface area contributed by atoms with Crippen LogP contribution in [0.3, 0.4) is 0 Å². The van der Waals surface area contributed by atoms with Gasteiger partial charge in [-0.05, 0) is 18.1 Å². The van der Waals surface area contributed by atoms with E-state index in [0.29, 0.717) is 31.1 Å². The first-order valence-corrected chi connectivity index (χ1v) is 7.57. The lowest BCUT2D eigenvalue weighted by Gasteiger charge is -2.15. The molecule has 5 nitrogen and oxygen atoms in total. The van der Waals surface area contributed by atoms with E-state index in [1.807, 2.05) is 13.8 Å². The van der Waals surface area contributed by atoms with Crippen LogP contribution in [-0.4, -0.2) is 44.8 Å². The normalized spacial score (nSPS) is 19.5. The average Bonchev–Trinajstić information content (AvgIpc) is 2.54. The molecule has 0 aromatic heterocycles. The Hall–Kier alpha value is -1.04. The molecule has 0 aromatic carbocycles. The summed E-state index contributed by atoms with van der Waals surface area (Å²) in [4.78, 5) is 35.4. The van der Waals surface area contributed by atoms with E-state index in [1.165, 1.54) is 16.7 Å². The van der Waals surface area contributed by atoms with E-state index >= 15 is 0 Å². The maximum atomic E-state index is 12.0. The van der Waals surface area contributed by atoms with Crippen LogP contribution in [0, 0.1) is 0 Å². The van der Waals surface area contributed by atoms with Crippen LogP contribution in [0.25, 0.3) is 0 Å². The van der Waals surface area contributed by atoms with Gasteiger partial charge in [-0.1, -0.05) is 20.3 Å². The van der Waals surface area contributed by atoms with Gasteiger partial charge in [0.15, 0.2) is 0 Å². The van der Waals surface area contributed by atoms with Gasteiger partial charge in [-0.25, -0.2) is 0 Å².